The van der Waals surface area contributed by atoms with E-state index in [1.54, 1.807) is 0 Å². The molecule has 0 aromatic rings. The summed E-state index contributed by atoms with van der Waals surface area (Å²) in [4.78, 5) is 2.40. The maximum absolute atomic E-state index is 5.65. The molecule has 1 heterocycles. The SMILES string of the molecule is CCCOC(CN1CCNCC1)OCC. The first-order valence-corrected chi connectivity index (χ1v) is 6.03. The Hall–Kier alpha value is -0.160. The highest BCUT2D eigenvalue weighted by Gasteiger charge is 2.16. The predicted molar refractivity (Wildman–Crippen MR) is 61.0 cm³/mol. The molecule has 0 aromatic heterocycles. The molecule has 1 aliphatic heterocycles. The lowest BCUT2D eigenvalue weighted by atomic mass is 10.3. The smallest absolute Gasteiger partial charge is 0.170 e. The lowest BCUT2D eigenvalue weighted by molar-refractivity contribution is -0.150. The van der Waals surface area contributed by atoms with E-state index in [2.05, 4.69) is 17.1 Å². The van der Waals surface area contributed by atoms with Crippen molar-refractivity contribution >= 4 is 0 Å². The second kappa shape index (κ2) is 8.05. The maximum Gasteiger partial charge on any atom is 0.170 e. The highest BCUT2D eigenvalue weighted by Crippen LogP contribution is 2.02. The number of nitrogens with one attached hydrogen (secondary N) is 1. The zero-order valence-electron chi connectivity index (χ0n) is 10.00. The van der Waals surface area contributed by atoms with E-state index < -0.39 is 0 Å². The Morgan fingerprint density at radius 3 is 2.53 bits per heavy atom. The van der Waals surface area contributed by atoms with Crippen LogP contribution in [0.4, 0.5) is 0 Å². The van der Waals surface area contributed by atoms with Crippen LogP contribution in [0.15, 0.2) is 0 Å². The van der Waals surface area contributed by atoms with Gasteiger partial charge in [0.1, 0.15) is 0 Å². The van der Waals surface area contributed by atoms with E-state index in [4.69, 9.17) is 9.47 Å². The molecule has 1 aliphatic rings. The van der Waals surface area contributed by atoms with Crippen LogP contribution in [0.1, 0.15) is 20.3 Å². The van der Waals surface area contributed by atoms with Crippen molar-refractivity contribution in [1.82, 2.24) is 10.2 Å². The molecule has 0 aromatic carbocycles. The van der Waals surface area contributed by atoms with Crippen molar-refractivity contribution in [3.8, 4) is 0 Å². The lowest BCUT2D eigenvalue weighted by Gasteiger charge is -2.30. The Kier molecular flexibility index (Phi) is 6.92. The van der Waals surface area contributed by atoms with Crippen molar-refractivity contribution in [2.45, 2.75) is 26.6 Å². The van der Waals surface area contributed by atoms with Crippen LogP contribution in [0.25, 0.3) is 0 Å². The van der Waals surface area contributed by atoms with Gasteiger partial charge in [-0.1, -0.05) is 6.92 Å². The molecule has 15 heavy (non-hydrogen) atoms. The van der Waals surface area contributed by atoms with Gasteiger partial charge >= 0.3 is 0 Å². The number of rotatable bonds is 7. The van der Waals surface area contributed by atoms with Crippen LogP contribution in [-0.4, -0.2) is 57.1 Å². The third-order valence-electron chi connectivity index (χ3n) is 2.48. The van der Waals surface area contributed by atoms with Gasteiger partial charge in [0.2, 0.25) is 0 Å². The summed E-state index contributed by atoms with van der Waals surface area (Å²) >= 11 is 0. The van der Waals surface area contributed by atoms with Crippen molar-refractivity contribution in [2.24, 2.45) is 0 Å². The van der Waals surface area contributed by atoms with E-state index in [0.717, 1.165) is 52.4 Å². The summed E-state index contributed by atoms with van der Waals surface area (Å²) in [6.07, 6.45) is 0.999. The number of nitrogens with zero attached hydrogens (tertiary/aromatic N) is 1. The Bertz CT molecular complexity index is 150. The third-order valence-corrected chi connectivity index (χ3v) is 2.48. The highest BCUT2D eigenvalue weighted by atomic mass is 16.7. The Morgan fingerprint density at radius 1 is 1.20 bits per heavy atom. The van der Waals surface area contributed by atoms with Gasteiger partial charge in [-0.3, -0.25) is 4.90 Å². The maximum atomic E-state index is 5.65. The van der Waals surface area contributed by atoms with Crippen molar-refractivity contribution < 1.29 is 9.47 Å². The summed E-state index contributed by atoms with van der Waals surface area (Å²) in [5.41, 5.74) is 0. The average Bonchev–Trinajstić information content (AvgIpc) is 2.28. The predicted octanol–water partition coefficient (Wildman–Crippen LogP) is 0.681. The van der Waals surface area contributed by atoms with E-state index in [-0.39, 0.29) is 6.29 Å². The summed E-state index contributed by atoms with van der Waals surface area (Å²) < 4.78 is 11.2. The van der Waals surface area contributed by atoms with Gasteiger partial charge in [0.05, 0.1) is 0 Å². The van der Waals surface area contributed by atoms with Crippen molar-refractivity contribution in [3.05, 3.63) is 0 Å². The second-order valence-electron chi connectivity index (χ2n) is 3.81. The standard InChI is InChI=1S/C11H24N2O2/c1-3-9-15-11(14-4-2)10-13-7-5-12-6-8-13/h11-12H,3-10H2,1-2H3. The summed E-state index contributed by atoms with van der Waals surface area (Å²) in [5, 5.41) is 3.34. The van der Waals surface area contributed by atoms with Crippen LogP contribution >= 0.6 is 0 Å². The van der Waals surface area contributed by atoms with Gasteiger partial charge in [-0.05, 0) is 13.3 Å². The van der Waals surface area contributed by atoms with Gasteiger partial charge in [0, 0.05) is 45.9 Å². The number of piperazine rings is 1. The fraction of sp³-hybridized carbons (Fsp3) is 1.00. The van der Waals surface area contributed by atoms with Crippen LogP contribution in [0, 0.1) is 0 Å². The minimum atomic E-state index is -0.0481. The van der Waals surface area contributed by atoms with Crippen molar-refractivity contribution in [2.75, 3.05) is 45.9 Å². The monoisotopic (exact) mass is 216 g/mol. The van der Waals surface area contributed by atoms with Crippen molar-refractivity contribution in [3.63, 3.8) is 0 Å². The number of hydrogen-bond donors (Lipinski definition) is 1. The molecule has 0 amide bonds. The quantitative estimate of drug-likeness (QED) is 0.635. The molecule has 1 saturated heterocycles. The number of ether oxygens (including phenoxy) is 2. The molecule has 90 valence electrons. The Morgan fingerprint density at radius 2 is 1.93 bits per heavy atom. The van der Waals surface area contributed by atoms with Crippen LogP contribution < -0.4 is 5.32 Å². The molecule has 1 rings (SSSR count). The molecule has 0 saturated carbocycles. The zero-order valence-corrected chi connectivity index (χ0v) is 10.00. The molecule has 4 heteroatoms. The van der Waals surface area contributed by atoms with Gasteiger partial charge < -0.3 is 14.8 Å². The molecule has 0 aliphatic carbocycles. The van der Waals surface area contributed by atoms with Gasteiger partial charge in [-0.15, -0.1) is 0 Å². The molecule has 0 spiro atoms. The molecule has 4 nitrogen and oxygen atoms in total. The van der Waals surface area contributed by atoms with Crippen LogP contribution in [0.3, 0.4) is 0 Å². The fourth-order valence-corrected chi connectivity index (χ4v) is 1.69. The Balaban J connectivity index is 2.21. The van der Waals surface area contributed by atoms with Crippen molar-refractivity contribution in [1.29, 1.82) is 0 Å². The Labute approximate surface area is 92.9 Å². The zero-order chi connectivity index (χ0) is 10.9. The van der Waals surface area contributed by atoms with Crippen LogP contribution in [0.5, 0.6) is 0 Å². The topological polar surface area (TPSA) is 33.7 Å². The molecule has 1 N–H and O–H groups in total. The van der Waals surface area contributed by atoms with Crippen LogP contribution in [-0.2, 0) is 9.47 Å². The average molecular weight is 216 g/mol. The third kappa shape index (κ3) is 5.47. The van der Waals surface area contributed by atoms with Crippen LogP contribution in [0.2, 0.25) is 0 Å². The fourth-order valence-electron chi connectivity index (χ4n) is 1.69. The van der Waals surface area contributed by atoms with E-state index in [0.29, 0.717) is 0 Å². The summed E-state index contributed by atoms with van der Waals surface area (Å²) in [7, 11) is 0. The minimum Gasteiger partial charge on any atom is -0.352 e. The molecule has 0 bridgehead atoms. The second-order valence-corrected chi connectivity index (χ2v) is 3.81. The summed E-state index contributed by atoms with van der Waals surface area (Å²) in [6, 6.07) is 0. The molecular formula is C11H24N2O2. The minimum absolute atomic E-state index is 0.0481. The highest BCUT2D eigenvalue weighted by molar-refractivity contribution is 4.68. The van der Waals surface area contributed by atoms with Gasteiger partial charge in [-0.2, -0.15) is 0 Å². The summed E-state index contributed by atoms with van der Waals surface area (Å²) in [6.45, 7) is 10.9. The first-order chi connectivity index (χ1) is 7.36. The van der Waals surface area contributed by atoms with Gasteiger partial charge in [-0.25, -0.2) is 0 Å². The first kappa shape index (κ1) is 12.9. The molecule has 1 fully saturated rings. The lowest BCUT2D eigenvalue weighted by Crippen LogP contribution is -2.47. The number of hydrogen-bond acceptors (Lipinski definition) is 4. The summed E-state index contributed by atoms with van der Waals surface area (Å²) in [5.74, 6) is 0. The molecule has 1 atom stereocenters. The van der Waals surface area contributed by atoms with E-state index >= 15 is 0 Å². The largest absolute Gasteiger partial charge is 0.352 e. The van der Waals surface area contributed by atoms with Gasteiger partial charge in [0.25, 0.3) is 0 Å². The van der Waals surface area contributed by atoms with Gasteiger partial charge in [0.15, 0.2) is 6.29 Å². The normalized spacial score (nSPS) is 20.4. The molecular weight excluding hydrogens is 192 g/mol. The van der Waals surface area contributed by atoms with E-state index in [9.17, 15) is 0 Å². The molecule has 0 radical (unpaired) electrons. The van der Waals surface area contributed by atoms with E-state index in [1.807, 2.05) is 6.92 Å². The first-order valence-electron chi connectivity index (χ1n) is 6.03. The molecule has 1 unspecified atom stereocenters. The van der Waals surface area contributed by atoms with E-state index in [1.165, 1.54) is 0 Å².